The van der Waals surface area contributed by atoms with Crippen molar-refractivity contribution in [2.75, 3.05) is 7.11 Å². The molecule has 7 heteroatoms. The number of ether oxygens (including phenoxy) is 1. The molecular weight excluding hydrogens is 275 g/mol. The molecule has 0 atom stereocenters. The van der Waals surface area contributed by atoms with E-state index in [1.54, 1.807) is 13.2 Å². The molecule has 0 aliphatic carbocycles. The van der Waals surface area contributed by atoms with Crippen LogP contribution in [0, 0.1) is 12.7 Å². The van der Waals surface area contributed by atoms with Gasteiger partial charge in [-0.25, -0.2) is 9.37 Å². The molecule has 108 valence electrons. The van der Waals surface area contributed by atoms with E-state index in [4.69, 9.17) is 9.26 Å². The van der Waals surface area contributed by atoms with Crippen LogP contribution >= 0.6 is 0 Å². The fourth-order valence-corrected chi connectivity index (χ4v) is 2.19. The Balaban J connectivity index is 2.19. The van der Waals surface area contributed by atoms with Gasteiger partial charge in [0, 0.05) is 12.7 Å². The van der Waals surface area contributed by atoms with E-state index < -0.39 is 0 Å². The van der Waals surface area contributed by atoms with Crippen molar-refractivity contribution >= 4 is 0 Å². The summed E-state index contributed by atoms with van der Waals surface area (Å²) in [5.41, 5.74) is 2.73. The van der Waals surface area contributed by atoms with Gasteiger partial charge in [-0.3, -0.25) is 5.10 Å². The largest absolute Gasteiger partial charge is 0.377 e. The highest BCUT2D eigenvalue weighted by Crippen LogP contribution is 2.34. The van der Waals surface area contributed by atoms with Gasteiger partial charge in [0.2, 0.25) is 0 Å². The summed E-state index contributed by atoms with van der Waals surface area (Å²) in [6.45, 7) is 2.06. The molecule has 0 saturated carbocycles. The molecule has 1 N–H and O–H groups in total. The number of hydrogen-bond acceptors (Lipinski definition) is 5. The van der Waals surface area contributed by atoms with Gasteiger partial charge in [0.15, 0.2) is 11.6 Å². The van der Waals surface area contributed by atoms with Gasteiger partial charge in [0.1, 0.15) is 24.4 Å². The van der Waals surface area contributed by atoms with Gasteiger partial charge in [-0.1, -0.05) is 5.16 Å². The van der Waals surface area contributed by atoms with Gasteiger partial charge in [0.05, 0.1) is 5.56 Å². The molecule has 0 aliphatic heterocycles. The minimum absolute atomic E-state index is 0.247. The number of hydrogen-bond donors (Lipinski definition) is 1. The summed E-state index contributed by atoms with van der Waals surface area (Å²) in [6, 6.07) is 4.49. The molecule has 2 aromatic heterocycles. The Morgan fingerprint density at radius 2 is 2.24 bits per heavy atom. The molecule has 0 radical (unpaired) electrons. The fourth-order valence-electron chi connectivity index (χ4n) is 2.19. The molecule has 0 amide bonds. The Bertz CT molecular complexity index is 752. The highest BCUT2D eigenvalue weighted by Gasteiger charge is 2.23. The van der Waals surface area contributed by atoms with Crippen molar-refractivity contribution in [2.24, 2.45) is 0 Å². The number of halogens is 1. The number of aromatic amines is 1. The number of benzene rings is 1. The van der Waals surface area contributed by atoms with E-state index >= 15 is 0 Å². The Kier molecular flexibility index (Phi) is 3.49. The van der Waals surface area contributed by atoms with Gasteiger partial charge in [0.25, 0.3) is 0 Å². The van der Waals surface area contributed by atoms with E-state index in [1.807, 2.05) is 6.92 Å². The summed E-state index contributed by atoms with van der Waals surface area (Å²) in [5, 5.41) is 10.8. The Morgan fingerprint density at radius 1 is 1.38 bits per heavy atom. The third-order valence-electron chi connectivity index (χ3n) is 3.12. The molecule has 0 fully saturated rings. The first kappa shape index (κ1) is 13.4. The second-order valence-electron chi connectivity index (χ2n) is 4.54. The van der Waals surface area contributed by atoms with Crippen LogP contribution in [0.1, 0.15) is 11.3 Å². The highest BCUT2D eigenvalue weighted by molar-refractivity contribution is 5.80. The third-order valence-corrected chi connectivity index (χ3v) is 3.12. The van der Waals surface area contributed by atoms with Gasteiger partial charge >= 0.3 is 0 Å². The highest BCUT2D eigenvalue weighted by atomic mass is 19.1. The maximum atomic E-state index is 13.3. The first-order chi connectivity index (χ1) is 10.2. The summed E-state index contributed by atoms with van der Waals surface area (Å²) >= 11 is 0. The topological polar surface area (TPSA) is 76.8 Å². The zero-order valence-electron chi connectivity index (χ0n) is 11.6. The lowest BCUT2D eigenvalue weighted by molar-refractivity contribution is 0.156. The number of aryl methyl sites for hydroxylation is 1. The van der Waals surface area contributed by atoms with Crippen molar-refractivity contribution in [1.82, 2.24) is 20.3 Å². The predicted octanol–water partition coefficient (Wildman–Crippen LogP) is 2.72. The molecule has 0 aliphatic rings. The van der Waals surface area contributed by atoms with E-state index in [9.17, 15) is 4.39 Å². The zero-order chi connectivity index (χ0) is 14.8. The summed E-state index contributed by atoms with van der Waals surface area (Å²) in [6.07, 6.45) is 1.47. The first-order valence-electron chi connectivity index (χ1n) is 6.31. The second kappa shape index (κ2) is 5.45. The molecule has 0 bridgehead atoms. The molecule has 21 heavy (non-hydrogen) atoms. The number of aromatic nitrogens is 4. The lowest BCUT2D eigenvalue weighted by Gasteiger charge is -2.04. The number of rotatable bonds is 4. The van der Waals surface area contributed by atoms with Crippen LogP contribution in [-0.4, -0.2) is 27.4 Å². The van der Waals surface area contributed by atoms with Crippen molar-refractivity contribution in [3.8, 4) is 22.6 Å². The van der Waals surface area contributed by atoms with Crippen LogP contribution in [0.15, 0.2) is 29.0 Å². The van der Waals surface area contributed by atoms with Crippen LogP contribution in [0.2, 0.25) is 0 Å². The Morgan fingerprint density at radius 3 is 2.90 bits per heavy atom. The first-order valence-corrected chi connectivity index (χ1v) is 6.31. The normalized spacial score (nSPS) is 11.0. The van der Waals surface area contributed by atoms with Crippen LogP contribution in [0.4, 0.5) is 4.39 Å². The van der Waals surface area contributed by atoms with E-state index in [0.717, 1.165) is 11.1 Å². The predicted molar refractivity (Wildman–Crippen MR) is 72.7 cm³/mol. The van der Waals surface area contributed by atoms with E-state index in [-0.39, 0.29) is 12.4 Å². The lowest BCUT2D eigenvalue weighted by atomic mass is 10.0. The molecule has 3 rings (SSSR count). The standard InChI is InChI=1S/C14H13FN4O2/c1-8-5-9(15)3-4-10(8)13-12(14-16-7-17-18-14)11(6-20-2)21-19-13/h3-5,7H,6H2,1-2H3,(H,16,17,18). The van der Waals surface area contributed by atoms with Gasteiger partial charge in [-0.15, -0.1) is 0 Å². The Hall–Kier alpha value is -2.54. The SMILES string of the molecule is COCc1onc(-c2ccc(F)cc2C)c1-c1nc[nH]n1. The van der Waals surface area contributed by atoms with Gasteiger partial charge in [-0.2, -0.15) is 5.10 Å². The van der Waals surface area contributed by atoms with Crippen LogP contribution in [0.25, 0.3) is 22.6 Å². The van der Waals surface area contributed by atoms with Crippen molar-refractivity contribution < 1.29 is 13.7 Å². The molecule has 0 saturated heterocycles. The Labute approximate surface area is 120 Å². The summed E-state index contributed by atoms with van der Waals surface area (Å²) in [7, 11) is 1.56. The molecule has 3 aromatic rings. The maximum Gasteiger partial charge on any atom is 0.186 e. The summed E-state index contributed by atoms with van der Waals surface area (Å²) in [4.78, 5) is 4.14. The van der Waals surface area contributed by atoms with Gasteiger partial charge in [-0.05, 0) is 30.7 Å². The molecule has 1 aromatic carbocycles. The average Bonchev–Trinajstić information content (AvgIpc) is 3.08. The van der Waals surface area contributed by atoms with Crippen molar-refractivity contribution in [3.63, 3.8) is 0 Å². The minimum Gasteiger partial charge on any atom is -0.377 e. The third kappa shape index (κ3) is 2.43. The second-order valence-corrected chi connectivity index (χ2v) is 4.54. The molecular formula is C14H13FN4O2. The van der Waals surface area contributed by atoms with E-state index in [0.29, 0.717) is 22.8 Å². The van der Waals surface area contributed by atoms with Crippen LogP contribution in [0.3, 0.4) is 0 Å². The average molecular weight is 288 g/mol. The summed E-state index contributed by atoms with van der Waals surface area (Å²) < 4.78 is 23.7. The number of H-pyrrole nitrogens is 1. The number of methoxy groups -OCH3 is 1. The molecule has 6 nitrogen and oxygen atoms in total. The number of nitrogens with zero attached hydrogens (tertiary/aromatic N) is 3. The monoisotopic (exact) mass is 288 g/mol. The van der Waals surface area contributed by atoms with Crippen LogP contribution in [0.5, 0.6) is 0 Å². The smallest absolute Gasteiger partial charge is 0.186 e. The fraction of sp³-hybridized carbons (Fsp3) is 0.214. The molecule has 0 unspecified atom stereocenters. The number of nitrogens with one attached hydrogen (secondary N) is 1. The quantitative estimate of drug-likeness (QED) is 0.798. The van der Waals surface area contributed by atoms with E-state index in [2.05, 4.69) is 20.3 Å². The van der Waals surface area contributed by atoms with Crippen molar-refractivity contribution in [1.29, 1.82) is 0 Å². The molecule has 0 spiro atoms. The zero-order valence-corrected chi connectivity index (χ0v) is 11.6. The van der Waals surface area contributed by atoms with E-state index in [1.165, 1.54) is 18.5 Å². The van der Waals surface area contributed by atoms with Crippen molar-refractivity contribution in [3.05, 3.63) is 41.7 Å². The minimum atomic E-state index is -0.295. The summed E-state index contributed by atoms with van der Waals surface area (Å²) in [5.74, 6) is 0.689. The lowest BCUT2D eigenvalue weighted by Crippen LogP contribution is -1.93. The maximum absolute atomic E-state index is 13.3. The van der Waals surface area contributed by atoms with Gasteiger partial charge < -0.3 is 9.26 Å². The van der Waals surface area contributed by atoms with Crippen LogP contribution in [-0.2, 0) is 11.3 Å². The van der Waals surface area contributed by atoms with Crippen molar-refractivity contribution in [2.45, 2.75) is 13.5 Å². The van der Waals surface area contributed by atoms with Crippen LogP contribution < -0.4 is 0 Å². The molecule has 2 heterocycles.